The molecule has 0 bridgehead atoms. The molecule has 0 radical (unpaired) electrons. The molecule has 146 valence electrons. The fourth-order valence-corrected chi connectivity index (χ4v) is 4.56. The number of amides is 2. The zero-order chi connectivity index (χ0) is 20.4. The molecule has 0 N–H and O–H groups in total. The van der Waals surface area contributed by atoms with E-state index in [4.69, 9.17) is 16.3 Å². The Morgan fingerprint density at radius 1 is 1.25 bits per heavy atom. The molecule has 1 saturated heterocycles. The van der Waals surface area contributed by atoms with Crippen molar-refractivity contribution in [2.75, 3.05) is 0 Å². The SMILES string of the molecule is CC(C)N1C(=O)S/C(=C/c2cc(Cl)c(OCc3ccc(F)cc3)c(Br)c2)C1=O. The van der Waals surface area contributed by atoms with E-state index in [9.17, 15) is 14.0 Å². The van der Waals surface area contributed by atoms with Gasteiger partial charge in [0.15, 0.2) is 5.75 Å². The molecule has 2 amide bonds. The quantitative estimate of drug-likeness (QED) is 0.470. The Hall–Kier alpha value is -1.83. The van der Waals surface area contributed by atoms with E-state index in [2.05, 4.69) is 15.9 Å². The van der Waals surface area contributed by atoms with Gasteiger partial charge in [0.2, 0.25) is 0 Å². The zero-order valence-corrected chi connectivity index (χ0v) is 18.2. The molecule has 4 nitrogen and oxygen atoms in total. The number of rotatable bonds is 5. The molecule has 1 aliphatic heterocycles. The molecule has 2 aromatic carbocycles. The second-order valence-corrected chi connectivity index (χ2v) is 8.63. The van der Waals surface area contributed by atoms with Crippen LogP contribution in [0.1, 0.15) is 25.0 Å². The van der Waals surface area contributed by atoms with E-state index in [1.807, 2.05) is 0 Å². The van der Waals surface area contributed by atoms with Crippen LogP contribution < -0.4 is 4.74 Å². The van der Waals surface area contributed by atoms with Crippen LogP contribution in [0.15, 0.2) is 45.8 Å². The maximum atomic E-state index is 13.0. The molecule has 0 unspecified atom stereocenters. The summed E-state index contributed by atoms with van der Waals surface area (Å²) >= 11 is 10.7. The van der Waals surface area contributed by atoms with E-state index in [0.717, 1.165) is 17.3 Å². The predicted molar refractivity (Wildman–Crippen MR) is 113 cm³/mol. The lowest BCUT2D eigenvalue weighted by Gasteiger charge is -2.16. The largest absolute Gasteiger partial charge is 0.486 e. The third-order valence-electron chi connectivity index (χ3n) is 3.95. The highest BCUT2D eigenvalue weighted by atomic mass is 79.9. The summed E-state index contributed by atoms with van der Waals surface area (Å²) < 4.78 is 19.3. The van der Waals surface area contributed by atoms with Gasteiger partial charge < -0.3 is 4.74 Å². The van der Waals surface area contributed by atoms with Crippen LogP contribution >= 0.6 is 39.3 Å². The minimum absolute atomic E-state index is 0.198. The minimum atomic E-state index is -0.311. The molecule has 0 atom stereocenters. The Bertz CT molecular complexity index is 939. The molecule has 0 spiro atoms. The fourth-order valence-electron chi connectivity index (χ4n) is 2.61. The van der Waals surface area contributed by atoms with E-state index in [1.54, 1.807) is 44.2 Å². The number of thioether (sulfide) groups is 1. The Morgan fingerprint density at radius 3 is 2.50 bits per heavy atom. The van der Waals surface area contributed by atoms with Crippen molar-refractivity contribution in [3.63, 3.8) is 0 Å². The molecule has 3 rings (SSSR count). The molecule has 1 aliphatic rings. The average Bonchev–Trinajstić information content (AvgIpc) is 2.89. The van der Waals surface area contributed by atoms with Crippen LogP contribution in [0.25, 0.3) is 6.08 Å². The van der Waals surface area contributed by atoms with E-state index >= 15 is 0 Å². The van der Waals surface area contributed by atoms with Gasteiger partial charge in [0.1, 0.15) is 12.4 Å². The van der Waals surface area contributed by atoms with Crippen molar-refractivity contribution in [1.29, 1.82) is 0 Å². The molecule has 0 aliphatic carbocycles. The molecule has 0 saturated carbocycles. The standard InChI is InChI=1S/C20H16BrClFNO3S/c1-11(2)24-19(25)17(28-20(24)26)9-13-7-15(21)18(16(22)8-13)27-10-12-3-5-14(23)6-4-12/h3-9,11H,10H2,1-2H3/b17-9+. The Labute approximate surface area is 179 Å². The van der Waals surface area contributed by atoms with Crippen LogP contribution in [0, 0.1) is 5.82 Å². The highest BCUT2D eigenvalue weighted by Crippen LogP contribution is 2.38. The van der Waals surface area contributed by atoms with Crippen LogP contribution in [-0.2, 0) is 11.4 Å². The molecular formula is C20H16BrClFNO3S. The summed E-state index contributed by atoms with van der Waals surface area (Å²) in [6.07, 6.45) is 1.63. The molecule has 0 aromatic heterocycles. The van der Waals surface area contributed by atoms with Gasteiger partial charge in [0.05, 0.1) is 14.4 Å². The Morgan fingerprint density at radius 2 is 1.93 bits per heavy atom. The highest BCUT2D eigenvalue weighted by molar-refractivity contribution is 9.10. The van der Waals surface area contributed by atoms with E-state index in [1.165, 1.54) is 17.0 Å². The van der Waals surface area contributed by atoms with Gasteiger partial charge >= 0.3 is 0 Å². The van der Waals surface area contributed by atoms with Gasteiger partial charge in [-0.15, -0.1) is 0 Å². The number of carbonyl (C=O) groups is 2. The summed E-state index contributed by atoms with van der Waals surface area (Å²) in [5.74, 6) is -0.179. The summed E-state index contributed by atoms with van der Waals surface area (Å²) in [5.41, 5.74) is 1.47. The number of ether oxygens (including phenoxy) is 1. The van der Waals surface area contributed by atoms with Crippen molar-refractivity contribution in [2.24, 2.45) is 0 Å². The summed E-state index contributed by atoms with van der Waals surface area (Å²) in [6, 6.07) is 9.22. The van der Waals surface area contributed by atoms with Crippen molar-refractivity contribution in [3.05, 3.63) is 67.7 Å². The van der Waals surface area contributed by atoms with Crippen LogP contribution in [0.4, 0.5) is 9.18 Å². The Balaban J connectivity index is 1.79. The monoisotopic (exact) mass is 483 g/mol. The Kier molecular flexibility index (Phi) is 6.47. The van der Waals surface area contributed by atoms with Crippen LogP contribution in [-0.4, -0.2) is 22.1 Å². The first-order valence-corrected chi connectivity index (χ1v) is 10.4. The van der Waals surface area contributed by atoms with Crippen molar-refractivity contribution < 1.29 is 18.7 Å². The first kappa shape index (κ1) is 20.9. The normalized spacial score (nSPS) is 15.8. The number of imide groups is 1. The molecular weight excluding hydrogens is 469 g/mol. The predicted octanol–water partition coefficient (Wildman–Crippen LogP) is 6.27. The maximum absolute atomic E-state index is 13.0. The second-order valence-electron chi connectivity index (χ2n) is 6.37. The summed E-state index contributed by atoms with van der Waals surface area (Å²) in [6.45, 7) is 3.81. The number of hydrogen-bond donors (Lipinski definition) is 0. The smallest absolute Gasteiger partial charge is 0.293 e. The van der Waals surface area contributed by atoms with Crippen molar-refractivity contribution >= 4 is 56.5 Å². The van der Waals surface area contributed by atoms with Crippen LogP contribution in [0.2, 0.25) is 5.02 Å². The molecule has 1 heterocycles. The van der Waals surface area contributed by atoms with E-state index in [-0.39, 0.29) is 29.6 Å². The topological polar surface area (TPSA) is 46.6 Å². The summed E-state index contributed by atoms with van der Waals surface area (Å²) in [5, 5.41) is 0.0708. The first-order valence-electron chi connectivity index (χ1n) is 8.39. The van der Waals surface area contributed by atoms with Gasteiger partial charge in [-0.25, -0.2) is 4.39 Å². The second kappa shape index (κ2) is 8.68. The number of carbonyl (C=O) groups excluding carboxylic acids is 2. The van der Waals surface area contributed by atoms with Gasteiger partial charge in [-0.1, -0.05) is 23.7 Å². The van der Waals surface area contributed by atoms with Gasteiger partial charge in [-0.3, -0.25) is 14.5 Å². The average molecular weight is 485 g/mol. The minimum Gasteiger partial charge on any atom is -0.486 e. The van der Waals surface area contributed by atoms with E-state index in [0.29, 0.717) is 25.7 Å². The number of halogens is 3. The van der Waals surface area contributed by atoms with Crippen molar-refractivity contribution in [3.8, 4) is 5.75 Å². The third kappa shape index (κ3) is 4.59. The first-order chi connectivity index (χ1) is 13.3. The van der Waals surface area contributed by atoms with Crippen molar-refractivity contribution in [2.45, 2.75) is 26.5 Å². The zero-order valence-electron chi connectivity index (χ0n) is 15.0. The van der Waals surface area contributed by atoms with Crippen LogP contribution in [0.3, 0.4) is 0 Å². The number of benzene rings is 2. The van der Waals surface area contributed by atoms with Gasteiger partial charge in [-0.2, -0.15) is 0 Å². The summed E-state index contributed by atoms with van der Waals surface area (Å²) in [4.78, 5) is 26.0. The highest BCUT2D eigenvalue weighted by Gasteiger charge is 2.36. The number of nitrogens with zero attached hydrogens (tertiary/aromatic N) is 1. The lowest BCUT2D eigenvalue weighted by atomic mass is 10.2. The van der Waals surface area contributed by atoms with Crippen LogP contribution in [0.5, 0.6) is 5.75 Å². The van der Waals surface area contributed by atoms with Gasteiger partial charge in [-0.05, 0) is 83.0 Å². The lowest BCUT2D eigenvalue weighted by molar-refractivity contribution is -0.123. The van der Waals surface area contributed by atoms with Crippen molar-refractivity contribution in [1.82, 2.24) is 4.90 Å². The number of hydrogen-bond acceptors (Lipinski definition) is 4. The van der Waals surface area contributed by atoms with Gasteiger partial charge in [0, 0.05) is 6.04 Å². The third-order valence-corrected chi connectivity index (χ3v) is 5.71. The molecule has 2 aromatic rings. The van der Waals surface area contributed by atoms with E-state index < -0.39 is 0 Å². The lowest BCUT2D eigenvalue weighted by Crippen LogP contribution is -2.34. The maximum Gasteiger partial charge on any atom is 0.293 e. The molecule has 28 heavy (non-hydrogen) atoms. The fraction of sp³-hybridized carbons (Fsp3) is 0.200. The van der Waals surface area contributed by atoms with Gasteiger partial charge in [0.25, 0.3) is 11.1 Å². The molecule has 1 fully saturated rings. The molecule has 8 heteroatoms. The summed E-state index contributed by atoms with van der Waals surface area (Å²) in [7, 11) is 0.